The molecular formula is C10H16O6. The molecule has 0 amide bonds. The van der Waals surface area contributed by atoms with Crippen molar-refractivity contribution in [1.29, 1.82) is 0 Å². The van der Waals surface area contributed by atoms with Crippen LogP contribution in [-0.4, -0.2) is 39.7 Å². The molecule has 0 aromatic carbocycles. The normalized spacial score (nSPS) is 12.5. The van der Waals surface area contributed by atoms with Crippen LogP contribution >= 0.6 is 0 Å². The predicted octanol–water partition coefficient (Wildman–Crippen LogP) is 0.0619. The summed E-state index contributed by atoms with van der Waals surface area (Å²) in [6.07, 6.45) is -1.72. The van der Waals surface area contributed by atoms with Gasteiger partial charge in [-0.15, -0.1) is 0 Å². The average Bonchev–Trinajstić information content (AvgIpc) is 2.18. The van der Waals surface area contributed by atoms with E-state index < -0.39 is 24.3 Å². The Balaban J connectivity index is 0. The third-order valence-corrected chi connectivity index (χ3v) is 1.16. The highest BCUT2D eigenvalue weighted by molar-refractivity contribution is 5.87. The lowest BCUT2D eigenvalue weighted by Gasteiger charge is -2.13. The predicted molar refractivity (Wildman–Crippen MR) is 56.4 cm³/mol. The van der Waals surface area contributed by atoms with Gasteiger partial charge >= 0.3 is 11.9 Å². The summed E-state index contributed by atoms with van der Waals surface area (Å²) >= 11 is 0. The van der Waals surface area contributed by atoms with E-state index in [9.17, 15) is 9.59 Å². The number of ether oxygens (including phenoxy) is 1. The van der Waals surface area contributed by atoms with Crippen LogP contribution in [0.5, 0.6) is 0 Å². The molecule has 0 rings (SSSR count). The molecule has 2 unspecified atom stereocenters. The molecule has 0 heterocycles. The second-order valence-electron chi connectivity index (χ2n) is 2.86. The van der Waals surface area contributed by atoms with Gasteiger partial charge in [0.15, 0.2) is 0 Å². The van der Waals surface area contributed by atoms with Crippen molar-refractivity contribution < 1.29 is 29.6 Å². The standard InChI is InChI=1S/C7H12O4.C3H4O2/c1-4(2)6(9)11-7(10)5(3)8;1-2-3(4)5/h5,7-8,10H,1H2,2-3H3;2H,1H2,(H,4,5). The summed E-state index contributed by atoms with van der Waals surface area (Å²) in [5.74, 6) is -1.69. The first-order valence-corrected chi connectivity index (χ1v) is 4.30. The lowest BCUT2D eigenvalue weighted by molar-refractivity contribution is -0.179. The fourth-order valence-corrected chi connectivity index (χ4v) is 0.309. The Morgan fingerprint density at radius 3 is 1.94 bits per heavy atom. The van der Waals surface area contributed by atoms with Crippen LogP contribution in [0.1, 0.15) is 13.8 Å². The van der Waals surface area contributed by atoms with Crippen molar-refractivity contribution in [3.63, 3.8) is 0 Å². The maximum absolute atomic E-state index is 10.7. The fraction of sp³-hybridized carbons (Fsp3) is 0.400. The van der Waals surface area contributed by atoms with Crippen LogP contribution in [0.4, 0.5) is 0 Å². The molecule has 0 spiro atoms. The van der Waals surface area contributed by atoms with Crippen LogP contribution in [0.15, 0.2) is 24.8 Å². The Kier molecular flexibility index (Phi) is 9.04. The van der Waals surface area contributed by atoms with Gasteiger partial charge in [-0.25, -0.2) is 9.59 Å². The maximum Gasteiger partial charge on any atom is 0.335 e. The van der Waals surface area contributed by atoms with E-state index >= 15 is 0 Å². The fourth-order valence-electron chi connectivity index (χ4n) is 0.309. The van der Waals surface area contributed by atoms with Crippen molar-refractivity contribution in [2.24, 2.45) is 0 Å². The number of aliphatic carboxylic acids is 1. The van der Waals surface area contributed by atoms with Crippen molar-refractivity contribution in [3.05, 3.63) is 24.8 Å². The van der Waals surface area contributed by atoms with Gasteiger partial charge in [-0.1, -0.05) is 13.2 Å². The molecule has 0 saturated heterocycles. The molecule has 6 heteroatoms. The molecule has 0 fully saturated rings. The molecule has 16 heavy (non-hydrogen) atoms. The summed E-state index contributed by atoms with van der Waals surface area (Å²) in [7, 11) is 0. The van der Waals surface area contributed by atoms with Crippen LogP contribution in [0.3, 0.4) is 0 Å². The van der Waals surface area contributed by atoms with Gasteiger partial charge < -0.3 is 20.1 Å². The maximum atomic E-state index is 10.7. The first-order chi connectivity index (χ1) is 7.22. The van der Waals surface area contributed by atoms with Crippen molar-refractivity contribution in [3.8, 4) is 0 Å². The summed E-state index contributed by atoms with van der Waals surface area (Å²) in [6, 6.07) is 0. The third kappa shape index (κ3) is 10.4. The summed E-state index contributed by atoms with van der Waals surface area (Å²) < 4.78 is 4.34. The second kappa shape index (κ2) is 8.63. The number of rotatable bonds is 4. The zero-order chi connectivity index (χ0) is 13.3. The number of esters is 1. The van der Waals surface area contributed by atoms with Crippen molar-refractivity contribution in [2.75, 3.05) is 0 Å². The Morgan fingerprint density at radius 1 is 1.38 bits per heavy atom. The monoisotopic (exact) mass is 232 g/mol. The van der Waals surface area contributed by atoms with E-state index in [1.807, 2.05) is 0 Å². The van der Waals surface area contributed by atoms with E-state index in [4.69, 9.17) is 15.3 Å². The molecule has 0 aliphatic rings. The van der Waals surface area contributed by atoms with Crippen LogP contribution in [0, 0.1) is 0 Å². The van der Waals surface area contributed by atoms with Crippen LogP contribution in [0.2, 0.25) is 0 Å². The van der Waals surface area contributed by atoms with Gasteiger partial charge in [0.25, 0.3) is 0 Å². The largest absolute Gasteiger partial charge is 0.478 e. The summed E-state index contributed by atoms with van der Waals surface area (Å²) in [5.41, 5.74) is 0.185. The molecule has 2 atom stereocenters. The summed E-state index contributed by atoms with van der Waals surface area (Å²) in [6.45, 7) is 9.03. The highest BCUT2D eigenvalue weighted by Crippen LogP contribution is 1.99. The van der Waals surface area contributed by atoms with E-state index in [2.05, 4.69) is 17.9 Å². The number of aliphatic hydroxyl groups is 2. The number of hydrogen-bond acceptors (Lipinski definition) is 5. The van der Waals surface area contributed by atoms with Gasteiger partial charge in [0.05, 0.1) is 0 Å². The Bertz CT molecular complexity index is 268. The minimum absolute atomic E-state index is 0.185. The smallest absolute Gasteiger partial charge is 0.335 e. The number of carboxylic acids is 1. The van der Waals surface area contributed by atoms with Crippen LogP contribution < -0.4 is 0 Å². The molecule has 3 N–H and O–H groups in total. The van der Waals surface area contributed by atoms with Crippen LogP contribution in [0.25, 0.3) is 0 Å². The van der Waals surface area contributed by atoms with Gasteiger partial charge in [0, 0.05) is 11.6 Å². The van der Waals surface area contributed by atoms with Gasteiger partial charge in [-0.3, -0.25) is 0 Å². The average molecular weight is 232 g/mol. The van der Waals surface area contributed by atoms with Gasteiger partial charge in [-0.05, 0) is 13.8 Å². The Hall–Kier alpha value is -1.66. The summed E-state index contributed by atoms with van der Waals surface area (Å²) in [5, 5.41) is 25.1. The van der Waals surface area contributed by atoms with Crippen molar-refractivity contribution >= 4 is 11.9 Å². The van der Waals surface area contributed by atoms with Gasteiger partial charge in [0.2, 0.25) is 6.29 Å². The van der Waals surface area contributed by atoms with Crippen molar-refractivity contribution in [1.82, 2.24) is 0 Å². The second-order valence-corrected chi connectivity index (χ2v) is 2.86. The third-order valence-electron chi connectivity index (χ3n) is 1.16. The molecular weight excluding hydrogens is 216 g/mol. The molecule has 92 valence electrons. The van der Waals surface area contributed by atoms with E-state index in [1.54, 1.807) is 0 Å². The molecule has 0 saturated carbocycles. The SMILES string of the molecule is C=C(C)C(=O)OC(O)C(C)O.C=CC(=O)O. The topological polar surface area (TPSA) is 104 Å². The molecule has 0 bridgehead atoms. The molecule has 0 aromatic rings. The number of hydrogen-bond donors (Lipinski definition) is 3. The van der Waals surface area contributed by atoms with Gasteiger partial charge in [0.1, 0.15) is 6.10 Å². The van der Waals surface area contributed by atoms with Crippen molar-refractivity contribution in [2.45, 2.75) is 26.2 Å². The van der Waals surface area contributed by atoms with E-state index in [0.717, 1.165) is 6.08 Å². The first-order valence-electron chi connectivity index (χ1n) is 4.30. The quantitative estimate of drug-likeness (QED) is 0.360. The Morgan fingerprint density at radius 2 is 1.75 bits per heavy atom. The molecule has 0 radical (unpaired) electrons. The minimum Gasteiger partial charge on any atom is -0.478 e. The number of aliphatic hydroxyl groups excluding tert-OH is 2. The highest BCUT2D eigenvalue weighted by Gasteiger charge is 2.15. The molecule has 6 nitrogen and oxygen atoms in total. The lowest BCUT2D eigenvalue weighted by Crippen LogP contribution is -2.28. The molecule has 0 aliphatic heterocycles. The lowest BCUT2D eigenvalue weighted by atomic mass is 10.3. The zero-order valence-corrected chi connectivity index (χ0v) is 9.21. The highest BCUT2D eigenvalue weighted by atomic mass is 16.6. The molecule has 0 aromatic heterocycles. The number of carbonyl (C=O) groups is 2. The first kappa shape index (κ1) is 16.8. The zero-order valence-electron chi connectivity index (χ0n) is 9.21. The van der Waals surface area contributed by atoms with Crippen LogP contribution in [-0.2, 0) is 14.3 Å². The number of carboxylic acid groups (broad SMARTS) is 1. The van der Waals surface area contributed by atoms with E-state index in [-0.39, 0.29) is 5.57 Å². The van der Waals surface area contributed by atoms with Gasteiger partial charge in [-0.2, -0.15) is 0 Å². The Labute approximate surface area is 93.5 Å². The number of carbonyl (C=O) groups excluding carboxylic acids is 1. The summed E-state index contributed by atoms with van der Waals surface area (Å²) in [4.78, 5) is 19.9. The minimum atomic E-state index is -1.47. The molecule has 0 aliphatic carbocycles. The van der Waals surface area contributed by atoms with E-state index in [0.29, 0.717) is 0 Å². The van der Waals surface area contributed by atoms with E-state index in [1.165, 1.54) is 13.8 Å².